The molecular formula is C22H27FN4O2. The lowest BCUT2D eigenvalue weighted by Crippen LogP contribution is -2.37. The van der Waals surface area contributed by atoms with Gasteiger partial charge in [0.15, 0.2) is 5.96 Å². The maximum absolute atomic E-state index is 13.2. The minimum Gasteiger partial charge on any atom is -0.368 e. The number of carbonyl (C=O) groups is 1. The van der Waals surface area contributed by atoms with Crippen LogP contribution in [0.3, 0.4) is 0 Å². The maximum Gasteiger partial charge on any atom is 0.253 e. The summed E-state index contributed by atoms with van der Waals surface area (Å²) < 4.78 is 18.7. The molecule has 2 aromatic rings. The number of nitrogens with one attached hydrogen (secondary N) is 3. The number of nitrogens with zero attached hydrogens (tertiary/aromatic N) is 1. The lowest BCUT2D eigenvalue weighted by Gasteiger charge is -2.14. The van der Waals surface area contributed by atoms with Crippen molar-refractivity contribution in [1.82, 2.24) is 10.6 Å². The molecule has 7 heteroatoms. The van der Waals surface area contributed by atoms with Crippen LogP contribution >= 0.6 is 0 Å². The van der Waals surface area contributed by atoms with Crippen molar-refractivity contribution in [2.24, 2.45) is 4.99 Å². The summed E-state index contributed by atoms with van der Waals surface area (Å²) in [6.07, 6.45) is 2.04. The zero-order chi connectivity index (χ0) is 20.5. The van der Waals surface area contributed by atoms with Gasteiger partial charge in [0.25, 0.3) is 5.91 Å². The molecule has 1 fully saturated rings. The Balaban J connectivity index is 1.45. The fourth-order valence-electron chi connectivity index (χ4n) is 3.19. The molecule has 0 aromatic heterocycles. The van der Waals surface area contributed by atoms with Crippen LogP contribution in [-0.2, 0) is 22.5 Å². The second kappa shape index (κ2) is 10.6. The average molecular weight is 398 g/mol. The van der Waals surface area contributed by atoms with Crippen LogP contribution in [0.2, 0.25) is 0 Å². The topological polar surface area (TPSA) is 74.8 Å². The van der Waals surface area contributed by atoms with Gasteiger partial charge in [-0.25, -0.2) is 4.39 Å². The number of benzene rings is 2. The highest BCUT2D eigenvalue weighted by Crippen LogP contribution is 2.16. The van der Waals surface area contributed by atoms with Crippen LogP contribution in [0.15, 0.2) is 53.5 Å². The third-order valence-corrected chi connectivity index (χ3v) is 4.70. The number of hydrogen-bond acceptors (Lipinski definition) is 3. The normalized spacial score (nSPS) is 16.5. The summed E-state index contributed by atoms with van der Waals surface area (Å²) in [6.45, 7) is 1.84. The molecule has 1 amide bonds. The molecule has 29 heavy (non-hydrogen) atoms. The molecule has 6 nitrogen and oxygen atoms in total. The summed E-state index contributed by atoms with van der Waals surface area (Å²) in [6, 6.07) is 14.3. The van der Waals surface area contributed by atoms with Crippen LogP contribution in [0.25, 0.3) is 0 Å². The van der Waals surface area contributed by atoms with Gasteiger partial charge in [0, 0.05) is 32.4 Å². The van der Waals surface area contributed by atoms with E-state index in [4.69, 9.17) is 4.74 Å². The quantitative estimate of drug-likeness (QED) is 0.495. The molecule has 0 bridgehead atoms. The Morgan fingerprint density at radius 3 is 2.76 bits per heavy atom. The number of guanidine groups is 1. The van der Waals surface area contributed by atoms with Crippen LogP contribution in [-0.4, -0.2) is 38.2 Å². The first-order valence-electron chi connectivity index (χ1n) is 9.84. The fraction of sp³-hybridized carbons (Fsp3) is 0.364. The highest BCUT2D eigenvalue weighted by Gasteiger charge is 2.23. The van der Waals surface area contributed by atoms with Gasteiger partial charge in [0.05, 0.1) is 0 Å². The smallest absolute Gasteiger partial charge is 0.253 e. The van der Waals surface area contributed by atoms with Crippen LogP contribution < -0.4 is 16.0 Å². The van der Waals surface area contributed by atoms with Crippen molar-refractivity contribution in [1.29, 1.82) is 0 Å². The van der Waals surface area contributed by atoms with E-state index in [2.05, 4.69) is 20.9 Å². The average Bonchev–Trinajstić information content (AvgIpc) is 3.26. The summed E-state index contributed by atoms with van der Waals surface area (Å²) in [5, 5.41) is 9.38. The predicted octanol–water partition coefficient (Wildman–Crippen LogP) is 2.85. The standard InChI is InChI=1S/C22H27FN4O2/c1-24-22(25-11-10-16-5-2-7-18(23)13-16)26-15-17-6-3-8-19(14-17)27-21(28)20-9-4-12-29-20/h2-3,5-8,13-14,20H,4,9-12,15H2,1H3,(H,27,28)(H2,24,25,26). The van der Waals surface area contributed by atoms with Gasteiger partial charge in [0.2, 0.25) is 0 Å². The number of carbonyl (C=O) groups excluding carboxylic acids is 1. The van der Waals surface area contributed by atoms with E-state index in [0.717, 1.165) is 29.7 Å². The number of ether oxygens (including phenoxy) is 1. The molecule has 2 aromatic carbocycles. The Kier molecular flexibility index (Phi) is 7.58. The summed E-state index contributed by atoms with van der Waals surface area (Å²) in [4.78, 5) is 16.4. The second-order valence-electron chi connectivity index (χ2n) is 6.92. The van der Waals surface area contributed by atoms with Gasteiger partial charge in [-0.15, -0.1) is 0 Å². The van der Waals surface area contributed by atoms with E-state index < -0.39 is 0 Å². The Morgan fingerprint density at radius 2 is 2.00 bits per heavy atom. The van der Waals surface area contributed by atoms with Crippen LogP contribution in [0.1, 0.15) is 24.0 Å². The molecular weight excluding hydrogens is 371 g/mol. The Bertz CT molecular complexity index is 850. The van der Waals surface area contributed by atoms with Gasteiger partial charge in [-0.1, -0.05) is 24.3 Å². The van der Waals surface area contributed by atoms with Crippen LogP contribution in [0.5, 0.6) is 0 Å². The Labute approximate surface area is 170 Å². The number of amides is 1. The minimum absolute atomic E-state index is 0.0950. The number of aliphatic imine (C=N–C) groups is 1. The molecule has 154 valence electrons. The van der Waals surface area contributed by atoms with E-state index in [-0.39, 0.29) is 17.8 Å². The van der Waals surface area contributed by atoms with Gasteiger partial charge < -0.3 is 20.7 Å². The highest BCUT2D eigenvalue weighted by atomic mass is 19.1. The molecule has 1 atom stereocenters. The van der Waals surface area contributed by atoms with E-state index in [1.165, 1.54) is 12.1 Å². The van der Waals surface area contributed by atoms with E-state index in [0.29, 0.717) is 32.1 Å². The SMILES string of the molecule is CN=C(NCCc1cccc(F)c1)NCc1cccc(NC(=O)C2CCCO2)c1. The van der Waals surface area contributed by atoms with Gasteiger partial charge in [-0.3, -0.25) is 9.79 Å². The highest BCUT2D eigenvalue weighted by molar-refractivity contribution is 5.94. The van der Waals surface area contributed by atoms with Crippen molar-refractivity contribution < 1.29 is 13.9 Å². The van der Waals surface area contributed by atoms with Gasteiger partial charge >= 0.3 is 0 Å². The molecule has 1 unspecified atom stereocenters. The summed E-state index contributed by atoms with van der Waals surface area (Å²) in [5.41, 5.74) is 2.70. The first kappa shape index (κ1) is 20.8. The summed E-state index contributed by atoms with van der Waals surface area (Å²) in [7, 11) is 1.70. The van der Waals surface area contributed by atoms with Crippen LogP contribution in [0.4, 0.5) is 10.1 Å². The third-order valence-electron chi connectivity index (χ3n) is 4.70. The zero-order valence-corrected chi connectivity index (χ0v) is 16.6. The Morgan fingerprint density at radius 1 is 1.17 bits per heavy atom. The zero-order valence-electron chi connectivity index (χ0n) is 16.6. The number of rotatable bonds is 7. The number of hydrogen-bond donors (Lipinski definition) is 3. The maximum atomic E-state index is 13.2. The van der Waals surface area contributed by atoms with E-state index in [1.54, 1.807) is 13.1 Å². The van der Waals surface area contributed by atoms with Crippen LogP contribution in [0, 0.1) is 5.82 Å². The summed E-state index contributed by atoms with van der Waals surface area (Å²) >= 11 is 0. The molecule has 1 saturated heterocycles. The van der Waals surface area contributed by atoms with Crippen molar-refractivity contribution in [3.05, 3.63) is 65.5 Å². The lowest BCUT2D eigenvalue weighted by molar-refractivity contribution is -0.124. The molecule has 0 saturated carbocycles. The van der Waals surface area contributed by atoms with E-state index >= 15 is 0 Å². The predicted molar refractivity (Wildman–Crippen MR) is 112 cm³/mol. The van der Waals surface area contributed by atoms with Gasteiger partial charge in [-0.05, 0) is 54.7 Å². The molecule has 0 spiro atoms. The monoisotopic (exact) mass is 398 g/mol. The number of halogens is 1. The van der Waals surface area contributed by atoms with E-state index in [1.807, 2.05) is 30.3 Å². The number of anilines is 1. The first-order chi connectivity index (χ1) is 14.1. The Hall–Kier alpha value is -2.93. The van der Waals surface area contributed by atoms with Gasteiger partial charge in [0.1, 0.15) is 11.9 Å². The van der Waals surface area contributed by atoms with Crippen molar-refractivity contribution in [3.63, 3.8) is 0 Å². The largest absolute Gasteiger partial charge is 0.368 e. The fourth-order valence-corrected chi connectivity index (χ4v) is 3.19. The molecule has 0 radical (unpaired) electrons. The van der Waals surface area contributed by atoms with Crippen molar-refractivity contribution in [2.45, 2.75) is 31.9 Å². The second-order valence-corrected chi connectivity index (χ2v) is 6.92. The van der Waals surface area contributed by atoms with Crippen molar-refractivity contribution in [2.75, 3.05) is 25.5 Å². The van der Waals surface area contributed by atoms with Crippen molar-refractivity contribution in [3.8, 4) is 0 Å². The molecule has 1 aliphatic heterocycles. The molecule has 1 aliphatic rings. The third kappa shape index (κ3) is 6.57. The minimum atomic E-state index is -0.349. The van der Waals surface area contributed by atoms with Gasteiger partial charge in [-0.2, -0.15) is 0 Å². The molecule has 3 rings (SSSR count). The lowest BCUT2D eigenvalue weighted by atomic mass is 10.1. The van der Waals surface area contributed by atoms with Crippen molar-refractivity contribution >= 4 is 17.6 Å². The first-order valence-corrected chi connectivity index (χ1v) is 9.84. The molecule has 0 aliphatic carbocycles. The molecule has 3 N–H and O–H groups in total. The summed E-state index contributed by atoms with van der Waals surface area (Å²) in [5.74, 6) is 0.342. The molecule has 1 heterocycles. The van der Waals surface area contributed by atoms with E-state index in [9.17, 15) is 9.18 Å².